The molecule has 3 atom stereocenters. The average Bonchev–Trinajstić information content (AvgIpc) is 2.93. The highest BCUT2D eigenvalue weighted by atomic mass is 16.5. The molecule has 1 fully saturated rings. The molecular weight excluding hydrogens is 252 g/mol. The van der Waals surface area contributed by atoms with Gasteiger partial charge in [0.05, 0.1) is 12.1 Å². The minimum atomic E-state index is -0.486. The van der Waals surface area contributed by atoms with Crippen LogP contribution < -0.4 is 11.1 Å². The van der Waals surface area contributed by atoms with Crippen molar-refractivity contribution in [1.82, 2.24) is 5.32 Å². The van der Waals surface area contributed by atoms with E-state index in [0.29, 0.717) is 18.9 Å². The second-order valence-corrected chi connectivity index (χ2v) is 5.41. The first-order valence-corrected chi connectivity index (χ1v) is 7.39. The van der Waals surface area contributed by atoms with E-state index in [9.17, 15) is 4.79 Å². The Morgan fingerprint density at radius 3 is 2.90 bits per heavy atom. The van der Waals surface area contributed by atoms with E-state index in [-0.39, 0.29) is 12.0 Å². The summed E-state index contributed by atoms with van der Waals surface area (Å²) in [7, 11) is 0. The first kappa shape index (κ1) is 15.0. The van der Waals surface area contributed by atoms with E-state index >= 15 is 0 Å². The number of nitrogens with two attached hydrogens (primary N) is 1. The topological polar surface area (TPSA) is 64.3 Å². The summed E-state index contributed by atoms with van der Waals surface area (Å²) in [6.07, 6.45) is 2.87. The molecule has 1 saturated heterocycles. The van der Waals surface area contributed by atoms with Gasteiger partial charge in [-0.15, -0.1) is 0 Å². The Morgan fingerprint density at radius 1 is 1.45 bits per heavy atom. The summed E-state index contributed by atoms with van der Waals surface area (Å²) in [6.45, 7) is 3.58. The lowest BCUT2D eigenvalue weighted by atomic mass is 9.99. The van der Waals surface area contributed by atoms with Crippen molar-refractivity contribution in [3.05, 3.63) is 35.9 Å². The largest absolute Gasteiger partial charge is 0.378 e. The van der Waals surface area contributed by atoms with Crippen LogP contribution in [0.15, 0.2) is 30.3 Å². The number of hydrogen-bond donors (Lipinski definition) is 2. The smallest absolute Gasteiger partial charge is 0.237 e. The van der Waals surface area contributed by atoms with Crippen LogP contribution in [0.25, 0.3) is 0 Å². The molecule has 1 aliphatic rings. The van der Waals surface area contributed by atoms with Crippen molar-refractivity contribution in [2.45, 2.75) is 38.3 Å². The second kappa shape index (κ2) is 7.41. The van der Waals surface area contributed by atoms with Crippen molar-refractivity contribution in [1.29, 1.82) is 0 Å². The molecule has 3 N–H and O–H groups in total. The van der Waals surface area contributed by atoms with Crippen LogP contribution in [0.1, 0.15) is 25.3 Å². The number of carbonyl (C=O) groups excluding carboxylic acids is 1. The fourth-order valence-electron chi connectivity index (χ4n) is 2.70. The SMILES string of the molecule is CCC1OCCC1CNC(=O)C(N)Cc1ccccc1. The summed E-state index contributed by atoms with van der Waals surface area (Å²) in [4.78, 5) is 12.0. The van der Waals surface area contributed by atoms with E-state index < -0.39 is 6.04 Å². The van der Waals surface area contributed by atoms with Crippen LogP contribution in [0.5, 0.6) is 0 Å². The highest BCUT2D eigenvalue weighted by molar-refractivity contribution is 5.81. The summed E-state index contributed by atoms with van der Waals surface area (Å²) in [5.41, 5.74) is 7.05. The first-order valence-electron chi connectivity index (χ1n) is 7.39. The molecule has 3 unspecified atom stereocenters. The summed E-state index contributed by atoms with van der Waals surface area (Å²) < 4.78 is 5.62. The minimum Gasteiger partial charge on any atom is -0.378 e. The zero-order valence-electron chi connectivity index (χ0n) is 12.0. The lowest BCUT2D eigenvalue weighted by Gasteiger charge is -2.19. The third-order valence-electron chi connectivity index (χ3n) is 3.92. The maximum absolute atomic E-state index is 12.0. The Kier molecular flexibility index (Phi) is 5.56. The fourth-order valence-corrected chi connectivity index (χ4v) is 2.70. The quantitative estimate of drug-likeness (QED) is 0.827. The molecule has 0 saturated carbocycles. The van der Waals surface area contributed by atoms with Crippen molar-refractivity contribution in [3.8, 4) is 0 Å². The lowest BCUT2D eigenvalue weighted by Crippen LogP contribution is -2.44. The normalized spacial score (nSPS) is 23.5. The van der Waals surface area contributed by atoms with E-state index in [1.807, 2.05) is 30.3 Å². The zero-order valence-corrected chi connectivity index (χ0v) is 12.0. The van der Waals surface area contributed by atoms with Gasteiger partial charge in [-0.25, -0.2) is 0 Å². The zero-order chi connectivity index (χ0) is 14.4. The highest BCUT2D eigenvalue weighted by Crippen LogP contribution is 2.22. The molecule has 0 bridgehead atoms. The molecule has 1 aromatic rings. The van der Waals surface area contributed by atoms with Crippen molar-refractivity contribution in [3.63, 3.8) is 0 Å². The van der Waals surface area contributed by atoms with Crippen molar-refractivity contribution in [2.75, 3.05) is 13.2 Å². The van der Waals surface area contributed by atoms with Crippen LogP contribution in [0.3, 0.4) is 0 Å². The Balaban J connectivity index is 1.77. The molecule has 1 amide bonds. The summed E-state index contributed by atoms with van der Waals surface area (Å²) in [5.74, 6) is 0.350. The predicted octanol–water partition coefficient (Wildman–Crippen LogP) is 1.49. The van der Waals surface area contributed by atoms with Gasteiger partial charge in [-0.05, 0) is 24.8 Å². The standard InChI is InChI=1S/C16H24N2O2/c1-2-15-13(8-9-20-15)11-18-16(19)14(17)10-12-6-4-3-5-7-12/h3-7,13-15H,2,8-11,17H2,1H3,(H,18,19). The summed E-state index contributed by atoms with van der Waals surface area (Å²) >= 11 is 0. The number of benzene rings is 1. The van der Waals surface area contributed by atoms with E-state index in [1.165, 1.54) is 0 Å². The van der Waals surface area contributed by atoms with E-state index in [2.05, 4.69) is 12.2 Å². The Bertz CT molecular complexity index is 422. The molecular formula is C16H24N2O2. The van der Waals surface area contributed by atoms with Gasteiger partial charge in [0.2, 0.25) is 5.91 Å². The summed E-state index contributed by atoms with van der Waals surface area (Å²) in [6, 6.07) is 9.37. The molecule has 4 heteroatoms. The number of amides is 1. The molecule has 1 aromatic carbocycles. The van der Waals surface area contributed by atoms with Crippen LogP contribution in [0.2, 0.25) is 0 Å². The van der Waals surface area contributed by atoms with Crippen LogP contribution in [-0.4, -0.2) is 31.2 Å². The van der Waals surface area contributed by atoms with Gasteiger partial charge >= 0.3 is 0 Å². The van der Waals surface area contributed by atoms with Gasteiger partial charge < -0.3 is 15.8 Å². The Morgan fingerprint density at radius 2 is 2.20 bits per heavy atom. The van der Waals surface area contributed by atoms with Gasteiger partial charge in [0.25, 0.3) is 0 Å². The predicted molar refractivity (Wildman–Crippen MR) is 79.3 cm³/mol. The minimum absolute atomic E-state index is 0.0735. The molecule has 0 aromatic heterocycles. The van der Waals surface area contributed by atoms with Gasteiger partial charge in [-0.3, -0.25) is 4.79 Å². The lowest BCUT2D eigenvalue weighted by molar-refractivity contribution is -0.122. The van der Waals surface area contributed by atoms with Crippen molar-refractivity contribution in [2.24, 2.45) is 11.7 Å². The van der Waals surface area contributed by atoms with Crippen molar-refractivity contribution >= 4 is 5.91 Å². The first-order chi connectivity index (χ1) is 9.70. The third-order valence-corrected chi connectivity index (χ3v) is 3.92. The third kappa shape index (κ3) is 4.05. The Hall–Kier alpha value is -1.39. The Labute approximate surface area is 120 Å². The number of carbonyl (C=O) groups is 1. The molecule has 0 radical (unpaired) electrons. The second-order valence-electron chi connectivity index (χ2n) is 5.41. The van der Waals surface area contributed by atoms with Crippen molar-refractivity contribution < 1.29 is 9.53 Å². The van der Waals surface area contributed by atoms with E-state index in [1.54, 1.807) is 0 Å². The molecule has 110 valence electrons. The number of hydrogen-bond acceptors (Lipinski definition) is 3. The molecule has 20 heavy (non-hydrogen) atoms. The van der Waals surface area contributed by atoms with E-state index in [4.69, 9.17) is 10.5 Å². The summed E-state index contributed by atoms with van der Waals surface area (Å²) in [5, 5.41) is 2.96. The van der Waals surface area contributed by atoms with Crippen LogP contribution >= 0.6 is 0 Å². The molecule has 0 spiro atoms. The molecule has 0 aliphatic carbocycles. The van der Waals surface area contributed by atoms with Crippen LogP contribution in [-0.2, 0) is 16.0 Å². The maximum Gasteiger partial charge on any atom is 0.237 e. The van der Waals surface area contributed by atoms with Crippen LogP contribution in [0.4, 0.5) is 0 Å². The molecule has 1 aliphatic heterocycles. The molecule has 4 nitrogen and oxygen atoms in total. The van der Waals surface area contributed by atoms with Gasteiger partial charge in [0, 0.05) is 19.1 Å². The monoisotopic (exact) mass is 276 g/mol. The number of nitrogens with one attached hydrogen (secondary N) is 1. The van der Waals surface area contributed by atoms with Gasteiger partial charge in [0.1, 0.15) is 0 Å². The molecule has 2 rings (SSSR count). The maximum atomic E-state index is 12.0. The number of rotatable bonds is 6. The fraction of sp³-hybridized carbons (Fsp3) is 0.562. The van der Waals surface area contributed by atoms with Crippen LogP contribution in [0, 0.1) is 5.92 Å². The van der Waals surface area contributed by atoms with Gasteiger partial charge in [0.15, 0.2) is 0 Å². The molecule has 1 heterocycles. The number of ether oxygens (including phenoxy) is 1. The average molecular weight is 276 g/mol. The highest BCUT2D eigenvalue weighted by Gasteiger charge is 2.27. The van der Waals surface area contributed by atoms with Gasteiger partial charge in [-0.2, -0.15) is 0 Å². The van der Waals surface area contributed by atoms with Gasteiger partial charge in [-0.1, -0.05) is 37.3 Å². The van der Waals surface area contributed by atoms with E-state index in [0.717, 1.165) is 25.0 Å².